The minimum Gasteiger partial charge on any atom is -0.298 e. The van der Waals surface area contributed by atoms with E-state index in [-0.39, 0.29) is 5.25 Å². The van der Waals surface area contributed by atoms with Gasteiger partial charge >= 0.3 is 0 Å². The summed E-state index contributed by atoms with van der Waals surface area (Å²) in [6.07, 6.45) is 8.93. The lowest BCUT2D eigenvalue weighted by atomic mass is 9.83. The van der Waals surface area contributed by atoms with E-state index in [9.17, 15) is 4.79 Å². The van der Waals surface area contributed by atoms with E-state index in [4.69, 9.17) is 0 Å². The second-order valence-corrected chi connectivity index (χ2v) is 8.94. The van der Waals surface area contributed by atoms with Crippen molar-refractivity contribution in [3.63, 3.8) is 0 Å². The normalized spacial score (nSPS) is 21.5. The molecule has 136 valence electrons. The molecule has 0 spiro atoms. The molecule has 26 heavy (non-hydrogen) atoms. The summed E-state index contributed by atoms with van der Waals surface area (Å²) < 4.78 is 0. The summed E-state index contributed by atoms with van der Waals surface area (Å²) in [6.45, 7) is 2.20. The molecule has 2 heteroatoms. The van der Waals surface area contributed by atoms with Gasteiger partial charge in [-0.3, -0.25) is 4.79 Å². The maximum atomic E-state index is 12.2. The second kappa shape index (κ2) is 8.00. The standard InChI is InChI=1S/C24H28OS/c1-2-17-10-12-18(13-11-17)6-3-4-7-19-14-15-20-21-8-5-9-22(25)24(21)26-23(20)16-19/h10-16,21,24H,2-9H2,1H3/t21-,24-/m1/s1. The van der Waals surface area contributed by atoms with Crippen LogP contribution in [0.4, 0.5) is 0 Å². The molecule has 0 saturated heterocycles. The third kappa shape index (κ3) is 3.76. The summed E-state index contributed by atoms with van der Waals surface area (Å²) in [5.74, 6) is 0.953. The molecule has 1 saturated carbocycles. The third-order valence-corrected chi connectivity index (χ3v) is 7.42. The molecule has 1 nitrogen and oxygen atoms in total. The molecule has 1 fully saturated rings. The van der Waals surface area contributed by atoms with Crippen LogP contribution >= 0.6 is 11.8 Å². The van der Waals surface area contributed by atoms with Crippen LogP contribution in [0.15, 0.2) is 47.4 Å². The highest BCUT2D eigenvalue weighted by atomic mass is 32.2. The van der Waals surface area contributed by atoms with E-state index in [2.05, 4.69) is 49.4 Å². The molecule has 1 aliphatic heterocycles. The maximum absolute atomic E-state index is 12.2. The van der Waals surface area contributed by atoms with E-state index in [0.717, 1.165) is 25.7 Å². The lowest BCUT2D eigenvalue weighted by Gasteiger charge is -2.23. The number of carbonyl (C=O) groups is 1. The van der Waals surface area contributed by atoms with Crippen LogP contribution in [0.25, 0.3) is 0 Å². The van der Waals surface area contributed by atoms with Crippen LogP contribution in [0.3, 0.4) is 0 Å². The predicted molar refractivity (Wildman–Crippen MR) is 110 cm³/mol. The van der Waals surface area contributed by atoms with Crippen molar-refractivity contribution in [2.45, 2.75) is 74.4 Å². The van der Waals surface area contributed by atoms with E-state index < -0.39 is 0 Å². The Labute approximate surface area is 161 Å². The first-order valence-electron chi connectivity index (χ1n) is 10.1. The summed E-state index contributed by atoms with van der Waals surface area (Å²) in [6, 6.07) is 16.1. The van der Waals surface area contributed by atoms with Crippen molar-refractivity contribution in [3.05, 3.63) is 64.7 Å². The Balaban J connectivity index is 1.31. The third-order valence-electron chi connectivity index (χ3n) is 5.96. The summed E-state index contributed by atoms with van der Waals surface area (Å²) in [5, 5.41) is 0.208. The van der Waals surface area contributed by atoms with E-state index in [0.29, 0.717) is 11.7 Å². The van der Waals surface area contributed by atoms with Gasteiger partial charge in [0.15, 0.2) is 0 Å². The summed E-state index contributed by atoms with van der Waals surface area (Å²) >= 11 is 1.83. The SMILES string of the molecule is CCc1ccc(CCCCc2ccc3c(c2)S[C@H]2C(=O)CCC[C@H]32)cc1. The first-order valence-corrected chi connectivity index (χ1v) is 11.0. The average Bonchev–Trinajstić information content (AvgIpc) is 3.05. The number of Topliss-reactive ketones (excluding diaryl/α,β-unsaturated/α-hetero) is 1. The van der Waals surface area contributed by atoms with Gasteiger partial charge in [-0.1, -0.05) is 43.3 Å². The number of aryl methyl sites for hydroxylation is 3. The summed E-state index contributed by atoms with van der Waals surface area (Å²) in [4.78, 5) is 13.6. The molecule has 1 aliphatic carbocycles. The Kier molecular flexibility index (Phi) is 5.49. The number of rotatable bonds is 6. The predicted octanol–water partition coefficient (Wildman–Crippen LogP) is 6.13. The van der Waals surface area contributed by atoms with Gasteiger partial charge in [0.2, 0.25) is 0 Å². The van der Waals surface area contributed by atoms with Crippen molar-refractivity contribution in [2.24, 2.45) is 0 Å². The molecule has 0 N–H and O–H groups in total. The van der Waals surface area contributed by atoms with Gasteiger partial charge in [-0.25, -0.2) is 0 Å². The van der Waals surface area contributed by atoms with Crippen molar-refractivity contribution in [1.29, 1.82) is 0 Å². The number of ketones is 1. The van der Waals surface area contributed by atoms with E-state index in [1.54, 1.807) is 0 Å². The van der Waals surface area contributed by atoms with Crippen LogP contribution in [-0.2, 0) is 24.1 Å². The van der Waals surface area contributed by atoms with Crippen molar-refractivity contribution in [1.82, 2.24) is 0 Å². The van der Waals surface area contributed by atoms with Gasteiger partial charge in [-0.05, 0) is 73.3 Å². The zero-order chi connectivity index (χ0) is 17.9. The summed E-state index contributed by atoms with van der Waals surface area (Å²) in [7, 11) is 0. The highest BCUT2D eigenvalue weighted by molar-refractivity contribution is 8.01. The zero-order valence-electron chi connectivity index (χ0n) is 15.7. The van der Waals surface area contributed by atoms with Crippen LogP contribution in [0, 0.1) is 0 Å². The molecule has 1 heterocycles. The molecule has 0 bridgehead atoms. The monoisotopic (exact) mass is 364 g/mol. The number of hydrogen-bond acceptors (Lipinski definition) is 2. The maximum Gasteiger partial charge on any atom is 0.146 e. The molecule has 0 unspecified atom stereocenters. The number of carbonyl (C=O) groups excluding carboxylic acids is 1. The fourth-order valence-electron chi connectivity index (χ4n) is 4.36. The highest BCUT2D eigenvalue weighted by Gasteiger charge is 2.39. The Morgan fingerprint density at radius 1 is 0.962 bits per heavy atom. The van der Waals surface area contributed by atoms with Crippen LogP contribution in [-0.4, -0.2) is 11.0 Å². The van der Waals surface area contributed by atoms with Crippen molar-refractivity contribution >= 4 is 17.5 Å². The number of hydrogen-bond donors (Lipinski definition) is 0. The van der Waals surface area contributed by atoms with E-state index in [1.165, 1.54) is 52.8 Å². The van der Waals surface area contributed by atoms with Crippen molar-refractivity contribution in [2.75, 3.05) is 0 Å². The Bertz CT molecular complexity index is 777. The van der Waals surface area contributed by atoms with Crippen molar-refractivity contribution < 1.29 is 4.79 Å². The minimum absolute atomic E-state index is 0.208. The average molecular weight is 365 g/mol. The van der Waals surface area contributed by atoms with Crippen LogP contribution in [0.1, 0.15) is 67.2 Å². The first kappa shape index (κ1) is 17.9. The van der Waals surface area contributed by atoms with Gasteiger partial charge < -0.3 is 0 Å². The zero-order valence-corrected chi connectivity index (χ0v) is 16.5. The molecule has 2 aromatic carbocycles. The second-order valence-electron chi connectivity index (χ2n) is 7.75. The Morgan fingerprint density at radius 2 is 1.65 bits per heavy atom. The molecule has 2 aliphatic rings. The molecule has 0 aromatic heterocycles. The smallest absolute Gasteiger partial charge is 0.146 e. The first-order chi connectivity index (χ1) is 12.7. The lowest BCUT2D eigenvalue weighted by Crippen LogP contribution is -2.25. The van der Waals surface area contributed by atoms with E-state index >= 15 is 0 Å². The number of thioether (sulfide) groups is 1. The Morgan fingerprint density at radius 3 is 2.42 bits per heavy atom. The van der Waals surface area contributed by atoms with Gasteiger partial charge in [0.25, 0.3) is 0 Å². The van der Waals surface area contributed by atoms with Gasteiger partial charge in [0.05, 0.1) is 5.25 Å². The Hall–Kier alpha value is -1.54. The molecular formula is C24H28OS. The molecule has 0 radical (unpaired) electrons. The quantitative estimate of drug-likeness (QED) is 0.574. The highest BCUT2D eigenvalue weighted by Crippen LogP contribution is 2.50. The van der Waals surface area contributed by atoms with Crippen LogP contribution in [0.5, 0.6) is 0 Å². The largest absolute Gasteiger partial charge is 0.298 e. The van der Waals surface area contributed by atoms with Crippen LogP contribution < -0.4 is 0 Å². The lowest BCUT2D eigenvalue weighted by molar-refractivity contribution is -0.120. The molecule has 0 amide bonds. The van der Waals surface area contributed by atoms with E-state index in [1.807, 2.05) is 11.8 Å². The van der Waals surface area contributed by atoms with Gasteiger partial charge in [-0.2, -0.15) is 0 Å². The number of unbranched alkanes of at least 4 members (excludes halogenated alkanes) is 1. The number of fused-ring (bicyclic) bond motifs is 3. The fourth-order valence-corrected chi connectivity index (χ4v) is 5.90. The molecular weight excluding hydrogens is 336 g/mol. The van der Waals surface area contributed by atoms with Crippen molar-refractivity contribution in [3.8, 4) is 0 Å². The van der Waals surface area contributed by atoms with Crippen LogP contribution in [0.2, 0.25) is 0 Å². The molecule has 2 aromatic rings. The van der Waals surface area contributed by atoms with Gasteiger partial charge in [0, 0.05) is 17.2 Å². The minimum atomic E-state index is 0.208. The van der Waals surface area contributed by atoms with Gasteiger partial charge in [-0.15, -0.1) is 11.8 Å². The summed E-state index contributed by atoms with van der Waals surface area (Å²) in [5.41, 5.74) is 5.74. The number of benzene rings is 2. The molecule has 4 rings (SSSR count). The molecule has 2 atom stereocenters. The topological polar surface area (TPSA) is 17.1 Å². The fraction of sp³-hybridized carbons (Fsp3) is 0.458. The van der Waals surface area contributed by atoms with Gasteiger partial charge in [0.1, 0.15) is 5.78 Å².